The second-order valence-electron chi connectivity index (χ2n) is 5.39. The number of nitrogens with zero attached hydrogens (tertiary/aromatic N) is 2. The van der Waals surface area contributed by atoms with Crippen LogP contribution in [0.1, 0.15) is 30.9 Å². The third-order valence-electron chi connectivity index (χ3n) is 3.73. The van der Waals surface area contributed by atoms with Gasteiger partial charge in [0.05, 0.1) is 6.20 Å². The Kier molecular flexibility index (Phi) is 3.38. The minimum absolute atomic E-state index is 0.766. The zero-order valence-corrected chi connectivity index (χ0v) is 11.7. The van der Waals surface area contributed by atoms with E-state index < -0.39 is 0 Å². The first-order valence-electron chi connectivity index (χ1n) is 7.12. The summed E-state index contributed by atoms with van der Waals surface area (Å²) < 4.78 is 1.97. The minimum atomic E-state index is 0.766. The molecule has 0 radical (unpaired) electrons. The summed E-state index contributed by atoms with van der Waals surface area (Å²) in [6, 6.07) is 7.49. The smallest absolute Gasteiger partial charge is 0.0568 e. The van der Waals surface area contributed by atoms with E-state index in [9.17, 15) is 0 Å². The van der Waals surface area contributed by atoms with Crippen molar-refractivity contribution < 1.29 is 0 Å². The molecule has 19 heavy (non-hydrogen) atoms. The fourth-order valence-electron chi connectivity index (χ4n) is 2.38. The van der Waals surface area contributed by atoms with Gasteiger partial charge in [0.15, 0.2) is 0 Å². The van der Waals surface area contributed by atoms with Gasteiger partial charge in [-0.15, -0.1) is 0 Å². The maximum Gasteiger partial charge on any atom is 0.0568 e. The molecule has 0 aliphatic heterocycles. The van der Waals surface area contributed by atoms with Crippen molar-refractivity contribution in [1.82, 2.24) is 15.1 Å². The Balaban J connectivity index is 1.77. The standard InChI is InChI=1S/C16H21N3/c1-3-19-11-14(10-18-19)16-7-4-13(8-12(16)2)9-17-15-5-6-15/h4,7-8,10-11,15,17H,3,5-6,9H2,1-2H3. The van der Waals surface area contributed by atoms with Crippen LogP contribution in [-0.4, -0.2) is 15.8 Å². The number of nitrogens with one attached hydrogen (secondary N) is 1. The van der Waals surface area contributed by atoms with Crippen LogP contribution in [0.15, 0.2) is 30.6 Å². The summed E-state index contributed by atoms with van der Waals surface area (Å²) >= 11 is 0. The first-order valence-corrected chi connectivity index (χ1v) is 7.12. The Morgan fingerprint density at radius 3 is 2.84 bits per heavy atom. The predicted molar refractivity (Wildman–Crippen MR) is 77.9 cm³/mol. The highest BCUT2D eigenvalue weighted by Crippen LogP contribution is 2.24. The third-order valence-corrected chi connectivity index (χ3v) is 3.73. The Morgan fingerprint density at radius 2 is 2.21 bits per heavy atom. The van der Waals surface area contributed by atoms with Gasteiger partial charge < -0.3 is 5.32 Å². The molecular formula is C16H21N3. The van der Waals surface area contributed by atoms with Crippen molar-refractivity contribution in [2.24, 2.45) is 0 Å². The normalized spacial score (nSPS) is 14.8. The van der Waals surface area contributed by atoms with E-state index in [1.165, 1.54) is 35.1 Å². The van der Waals surface area contributed by atoms with E-state index in [4.69, 9.17) is 0 Å². The fraction of sp³-hybridized carbons (Fsp3) is 0.438. The minimum Gasteiger partial charge on any atom is -0.310 e. The van der Waals surface area contributed by atoms with Crippen molar-refractivity contribution in [2.75, 3.05) is 0 Å². The van der Waals surface area contributed by atoms with Crippen LogP contribution in [0.2, 0.25) is 0 Å². The molecular weight excluding hydrogens is 234 g/mol. The molecule has 3 rings (SSSR count). The largest absolute Gasteiger partial charge is 0.310 e. The molecule has 0 unspecified atom stereocenters. The van der Waals surface area contributed by atoms with Crippen molar-refractivity contribution in [3.8, 4) is 11.1 Å². The fourth-order valence-corrected chi connectivity index (χ4v) is 2.38. The number of rotatable bonds is 5. The van der Waals surface area contributed by atoms with Crippen molar-refractivity contribution in [3.05, 3.63) is 41.7 Å². The van der Waals surface area contributed by atoms with Gasteiger partial charge in [-0.1, -0.05) is 18.2 Å². The van der Waals surface area contributed by atoms with Crippen LogP contribution in [-0.2, 0) is 13.1 Å². The first kappa shape index (κ1) is 12.4. The van der Waals surface area contributed by atoms with Crippen LogP contribution in [0.4, 0.5) is 0 Å². The van der Waals surface area contributed by atoms with Gasteiger partial charge in [-0.3, -0.25) is 4.68 Å². The highest BCUT2D eigenvalue weighted by Gasteiger charge is 2.19. The maximum atomic E-state index is 4.35. The molecule has 1 aliphatic rings. The van der Waals surface area contributed by atoms with Gasteiger partial charge in [-0.2, -0.15) is 5.10 Å². The van der Waals surface area contributed by atoms with Gasteiger partial charge in [0.2, 0.25) is 0 Å². The molecule has 1 N–H and O–H groups in total. The Labute approximate surface area is 114 Å². The van der Waals surface area contributed by atoms with E-state index in [0.717, 1.165) is 19.1 Å². The summed E-state index contributed by atoms with van der Waals surface area (Å²) in [5, 5.41) is 7.90. The molecule has 1 aromatic heterocycles. The monoisotopic (exact) mass is 255 g/mol. The lowest BCUT2D eigenvalue weighted by atomic mass is 10.0. The molecule has 1 heterocycles. The van der Waals surface area contributed by atoms with Gasteiger partial charge in [0, 0.05) is 30.9 Å². The second-order valence-corrected chi connectivity index (χ2v) is 5.39. The summed E-state index contributed by atoms with van der Waals surface area (Å²) in [5.74, 6) is 0. The van der Waals surface area contributed by atoms with Crippen LogP contribution < -0.4 is 5.32 Å². The van der Waals surface area contributed by atoms with Gasteiger partial charge in [0.25, 0.3) is 0 Å². The second kappa shape index (κ2) is 5.17. The van der Waals surface area contributed by atoms with Gasteiger partial charge in [0.1, 0.15) is 0 Å². The van der Waals surface area contributed by atoms with Gasteiger partial charge in [-0.05, 0) is 43.4 Å². The molecule has 1 aromatic carbocycles. The third kappa shape index (κ3) is 2.87. The SMILES string of the molecule is CCn1cc(-c2ccc(CNC3CC3)cc2C)cn1. The van der Waals surface area contributed by atoms with E-state index in [1.807, 2.05) is 10.9 Å². The van der Waals surface area contributed by atoms with Crippen LogP contribution in [0, 0.1) is 6.92 Å². The van der Waals surface area contributed by atoms with E-state index in [1.54, 1.807) is 0 Å². The average molecular weight is 255 g/mol. The lowest BCUT2D eigenvalue weighted by Crippen LogP contribution is -2.15. The first-order chi connectivity index (χ1) is 9.26. The molecule has 1 fully saturated rings. The summed E-state index contributed by atoms with van der Waals surface area (Å²) in [7, 11) is 0. The molecule has 1 saturated carbocycles. The van der Waals surface area contributed by atoms with Crippen LogP contribution in [0.3, 0.4) is 0 Å². The molecule has 1 aliphatic carbocycles. The molecule has 0 saturated heterocycles. The quantitative estimate of drug-likeness (QED) is 0.889. The van der Waals surface area contributed by atoms with Crippen LogP contribution in [0.25, 0.3) is 11.1 Å². The number of hydrogen-bond donors (Lipinski definition) is 1. The lowest BCUT2D eigenvalue weighted by Gasteiger charge is -2.08. The summed E-state index contributed by atoms with van der Waals surface area (Å²) in [5.41, 5.74) is 5.19. The molecule has 2 aromatic rings. The van der Waals surface area contributed by atoms with Gasteiger partial charge >= 0.3 is 0 Å². The van der Waals surface area contributed by atoms with E-state index in [0.29, 0.717) is 0 Å². The Hall–Kier alpha value is -1.61. The summed E-state index contributed by atoms with van der Waals surface area (Å²) in [6.07, 6.45) is 6.75. The zero-order chi connectivity index (χ0) is 13.2. The van der Waals surface area contributed by atoms with Crippen molar-refractivity contribution >= 4 is 0 Å². The van der Waals surface area contributed by atoms with Crippen LogP contribution >= 0.6 is 0 Å². The molecule has 0 bridgehead atoms. The van der Waals surface area contributed by atoms with E-state index in [2.05, 4.69) is 48.7 Å². The van der Waals surface area contributed by atoms with Crippen molar-refractivity contribution in [2.45, 2.75) is 45.8 Å². The van der Waals surface area contributed by atoms with Crippen molar-refractivity contribution in [3.63, 3.8) is 0 Å². The molecule has 100 valence electrons. The van der Waals surface area contributed by atoms with Crippen molar-refractivity contribution in [1.29, 1.82) is 0 Å². The molecule has 0 amide bonds. The zero-order valence-electron chi connectivity index (χ0n) is 11.7. The predicted octanol–water partition coefficient (Wildman–Crippen LogP) is 3.13. The topological polar surface area (TPSA) is 29.9 Å². The summed E-state index contributed by atoms with van der Waals surface area (Å²) in [6.45, 7) is 6.19. The highest BCUT2D eigenvalue weighted by atomic mass is 15.3. The highest BCUT2D eigenvalue weighted by molar-refractivity contribution is 5.66. The number of aryl methyl sites for hydroxylation is 2. The van der Waals surface area contributed by atoms with E-state index >= 15 is 0 Å². The molecule has 0 atom stereocenters. The number of aromatic nitrogens is 2. The molecule has 3 heteroatoms. The molecule has 0 spiro atoms. The average Bonchev–Trinajstić information content (AvgIpc) is 3.13. The Morgan fingerprint density at radius 1 is 1.37 bits per heavy atom. The maximum absolute atomic E-state index is 4.35. The van der Waals surface area contributed by atoms with Crippen LogP contribution in [0.5, 0.6) is 0 Å². The number of hydrogen-bond acceptors (Lipinski definition) is 2. The Bertz CT molecular complexity index is 567. The molecule has 3 nitrogen and oxygen atoms in total. The van der Waals surface area contributed by atoms with E-state index in [-0.39, 0.29) is 0 Å². The lowest BCUT2D eigenvalue weighted by molar-refractivity contribution is 0.660. The van der Waals surface area contributed by atoms with Gasteiger partial charge in [-0.25, -0.2) is 0 Å². The summed E-state index contributed by atoms with van der Waals surface area (Å²) in [4.78, 5) is 0. The number of benzene rings is 1.